The van der Waals surface area contributed by atoms with E-state index in [1.54, 1.807) is 6.07 Å². The minimum Gasteiger partial charge on any atom is -0.366 e. The molecule has 0 saturated heterocycles. The minimum atomic E-state index is -0.372. The molecule has 3 N–H and O–H groups in total. The topological polar surface area (TPSA) is 58.4 Å². The van der Waals surface area contributed by atoms with E-state index in [1.165, 1.54) is 6.42 Å². The second kappa shape index (κ2) is 7.84. The molecule has 4 heteroatoms. The Kier molecular flexibility index (Phi) is 6.39. The van der Waals surface area contributed by atoms with E-state index in [0.717, 1.165) is 31.6 Å². The zero-order valence-corrected chi connectivity index (χ0v) is 11.3. The molecule has 100 valence electrons. The van der Waals surface area contributed by atoms with Crippen molar-refractivity contribution in [1.29, 1.82) is 0 Å². The van der Waals surface area contributed by atoms with Crippen molar-refractivity contribution in [1.82, 2.24) is 10.2 Å². The number of nitrogens with zero attached hydrogens (tertiary/aromatic N) is 1. The number of primary amides is 1. The van der Waals surface area contributed by atoms with Crippen molar-refractivity contribution < 1.29 is 4.79 Å². The fourth-order valence-corrected chi connectivity index (χ4v) is 1.75. The van der Waals surface area contributed by atoms with Crippen LogP contribution in [0.2, 0.25) is 0 Å². The minimum absolute atomic E-state index is 0.372. The Balaban J connectivity index is 2.23. The number of nitrogens with one attached hydrogen (secondary N) is 1. The molecular formula is C14H23N3O. The van der Waals surface area contributed by atoms with Gasteiger partial charge in [-0.05, 0) is 57.7 Å². The number of hydrogen-bond donors (Lipinski definition) is 2. The highest BCUT2D eigenvalue weighted by molar-refractivity contribution is 5.92. The molecule has 0 saturated carbocycles. The molecule has 18 heavy (non-hydrogen) atoms. The maximum atomic E-state index is 11.0. The number of nitrogens with two attached hydrogens (primary N) is 1. The summed E-state index contributed by atoms with van der Waals surface area (Å²) in [5.74, 6) is -0.372. The monoisotopic (exact) mass is 249 g/mol. The molecule has 1 aromatic carbocycles. The second-order valence-electron chi connectivity index (χ2n) is 4.75. The summed E-state index contributed by atoms with van der Waals surface area (Å²) in [6.45, 7) is 2.90. The summed E-state index contributed by atoms with van der Waals surface area (Å²) in [5.41, 5.74) is 6.91. The largest absolute Gasteiger partial charge is 0.366 e. The molecule has 0 aromatic heterocycles. The highest BCUT2D eigenvalue weighted by Gasteiger charge is 2.00. The Morgan fingerprint density at radius 3 is 2.78 bits per heavy atom. The lowest BCUT2D eigenvalue weighted by molar-refractivity contribution is 0.1000. The molecule has 0 bridgehead atoms. The van der Waals surface area contributed by atoms with Gasteiger partial charge < -0.3 is 16.0 Å². The van der Waals surface area contributed by atoms with Crippen LogP contribution in [-0.2, 0) is 6.54 Å². The molecule has 0 heterocycles. The zero-order valence-electron chi connectivity index (χ0n) is 11.3. The van der Waals surface area contributed by atoms with Gasteiger partial charge in [-0.3, -0.25) is 4.79 Å². The number of rotatable bonds is 8. The Bertz CT molecular complexity index is 377. The smallest absolute Gasteiger partial charge is 0.248 e. The van der Waals surface area contributed by atoms with Gasteiger partial charge in [0.1, 0.15) is 0 Å². The van der Waals surface area contributed by atoms with Crippen molar-refractivity contribution in [3.63, 3.8) is 0 Å². The molecule has 0 unspecified atom stereocenters. The zero-order chi connectivity index (χ0) is 13.4. The number of carbonyl (C=O) groups is 1. The molecule has 0 radical (unpaired) electrons. The van der Waals surface area contributed by atoms with Crippen LogP contribution in [0.1, 0.15) is 28.8 Å². The first kappa shape index (κ1) is 14.7. The molecule has 1 rings (SSSR count). The predicted molar refractivity (Wildman–Crippen MR) is 74.5 cm³/mol. The molecule has 0 spiro atoms. The number of amides is 1. The molecule has 1 aromatic rings. The molecule has 1 amide bonds. The summed E-state index contributed by atoms with van der Waals surface area (Å²) in [4.78, 5) is 13.2. The molecule has 0 aliphatic rings. The van der Waals surface area contributed by atoms with Crippen LogP contribution in [0.25, 0.3) is 0 Å². The van der Waals surface area contributed by atoms with Gasteiger partial charge in [-0.25, -0.2) is 0 Å². The van der Waals surface area contributed by atoms with E-state index in [-0.39, 0.29) is 5.91 Å². The molecular weight excluding hydrogens is 226 g/mol. The van der Waals surface area contributed by atoms with E-state index in [1.807, 2.05) is 18.2 Å². The Morgan fingerprint density at radius 2 is 2.11 bits per heavy atom. The SMILES string of the molecule is CN(C)CCCCNCc1cccc(C(N)=O)c1. The van der Waals surface area contributed by atoms with Gasteiger partial charge in [0.25, 0.3) is 0 Å². The number of benzene rings is 1. The van der Waals surface area contributed by atoms with Crippen molar-refractivity contribution in [3.8, 4) is 0 Å². The molecule has 0 atom stereocenters. The summed E-state index contributed by atoms with van der Waals surface area (Å²) in [6, 6.07) is 7.44. The van der Waals surface area contributed by atoms with Crippen molar-refractivity contribution in [3.05, 3.63) is 35.4 Å². The Hall–Kier alpha value is -1.39. The fraction of sp³-hybridized carbons (Fsp3) is 0.500. The second-order valence-corrected chi connectivity index (χ2v) is 4.75. The maximum Gasteiger partial charge on any atom is 0.248 e. The third-order valence-electron chi connectivity index (χ3n) is 2.75. The van der Waals surface area contributed by atoms with Gasteiger partial charge in [0.05, 0.1) is 0 Å². The highest BCUT2D eigenvalue weighted by atomic mass is 16.1. The van der Waals surface area contributed by atoms with Crippen LogP contribution in [-0.4, -0.2) is 38.0 Å². The van der Waals surface area contributed by atoms with E-state index in [9.17, 15) is 4.79 Å². The number of unbranched alkanes of at least 4 members (excludes halogenated alkanes) is 1. The summed E-state index contributed by atoms with van der Waals surface area (Å²) >= 11 is 0. The number of carbonyl (C=O) groups excluding carboxylic acids is 1. The predicted octanol–water partition coefficient (Wildman–Crippen LogP) is 1.22. The summed E-state index contributed by atoms with van der Waals surface area (Å²) < 4.78 is 0. The van der Waals surface area contributed by atoms with E-state index in [0.29, 0.717) is 5.56 Å². The molecule has 0 aliphatic heterocycles. The average Bonchev–Trinajstić information content (AvgIpc) is 2.33. The van der Waals surface area contributed by atoms with E-state index < -0.39 is 0 Å². The van der Waals surface area contributed by atoms with Crippen molar-refractivity contribution in [2.24, 2.45) is 5.73 Å². The summed E-state index contributed by atoms with van der Waals surface area (Å²) in [7, 11) is 4.17. The van der Waals surface area contributed by atoms with Crippen LogP contribution < -0.4 is 11.1 Å². The van der Waals surface area contributed by atoms with Crippen molar-refractivity contribution in [2.45, 2.75) is 19.4 Å². The fourth-order valence-electron chi connectivity index (χ4n) is 1.75. The average molecular weight is 249 g/mol. The van der Waals surface area contributed by atoms with Gasteiger partial charge in [-0.15, -0.1) is 0 Å². The van der Waals surface area contributed by atoms with Crippen LogP contribution in [0.4, 0.5) is 0 Å². The van der Waals surface area contributed by atoms with E-state index >= 15 is 0 Å². The molecule has 0 fully saturated rings. The van der Waals surface area contributed by atoms with Gasteiger partial charge in [-0.1, -0.05) is 12.1 Å². The quantitative estimate of drug-likeness (QED) is 0.681. The lowest BCUT2D eigenvalue weighted by Crippen LogP contribution is -2.18. The van der Waals surface area contributed by atoms with Gasteiger partial charge in [0.2, 0.25) is 5.91 Å². The third-order valence-corrected chi connectivity index (χ3v) is 2.75. The van der Waals surface area contributed by atoms with Crippen LogP contribution in [0.5, 0.6) is 0 Å². The first-order valence-corrected chi connectivity index (χ1v) is 6.34. The van der Waals surface area contributed by atoms with Crippen LogP contribution in [0, 0.1) is 0 Å². The van der Waals surface area contributed by atoms with Gasteiger partial charge >= 0.3 is 0 Å². The lowest BCUT2D eigenvalue weighted by atomic mass is 10.1. The van der Waals surface area contributed by atoms with Crippen molar-refractivity contribution >= 4 is 5.91 Å². The van der Waals surface area contributed by atoms with E-state index in [4.69, 9.17) is 5.73 Å². The van der Waals surface area contributed by atoms with Crippen molar-refractivity contribution in [2.75, 3.05) is 27.2 Å². The summed E-state index contributed by atoms with van der Waals surface area (Å²) in [5, 5.41) is 3.37. The first-order chi connectivity index (χ1) is 8.59. The highest BCUT2D eigenvalue weighted by Crippen LogP contribution is 2.04. The first-order valence-electron chi connectivity index (χ1n) is 6.34. The Morgan fingerprint density at radius 1 is 1.33 bits per heavy atom. The standard InChI is InChI=1S/C14H23N3O/c1-17(2)9-4-3-8-16-11-12-6-5-7-13(10-12)14(15)18/h5-7,10,16H,3-4,8-9,11H2,1-2H3,(H2,15,18). The normalized spacial score (nSPS) is 10.8. The van der Waals surface area contributed by atoms with Crippen LogP contribution >= 0.6 is 0 Å². The van der Waals surface area contributed by atoms with Gasteiger partial charge in [-0.2, -0.15) is 0 Å². The summed E-state index contributed by atoms with van der Waals surface area (Å²) in [6.07, 6.45) is 2.36. The number of hydrogen-bond acceptors (Lipinski definition) is 3. The van der Waals surface area contributed by atoms with Crippen LogP contribution in [0.3, 0.4) is 0 Å². The van der Waals surface area contributed by atoms with Gasteiger partial charge in [0.15, 0.2) is 0 Å². The Labute approximate surface area is 109 Å². The lowest BCUT2D eigenvalue weighted by Gasteiger charge is -2.09. The third kappa shape index (κ3) is 5.80. The maximum absolute atomic E-state index is 11.0. The molecule has 0 aliphatic carbocycles. The van der Waals surface area contributed by atoms with E-state index in [2.05, 4.69) is 24.3 Å². The van der Waals surface area contributed by atoms with Crippen LogP contribution in [0.15, 0.2) is 24.3 Å². The molecule has 4 nitrogen and oxygen atoms in total. The van der Waals surface area contributed by atoms with Gasteiger partial charge in [0, 0.05) is 12.1 Å².